The van der Waals surface area contributed by atoms with E-state index in [4.69, 9.17) is 4.42 Å². The molecule has 1 amide bonds. The molecule has 0 aliphatic carbocycles. The molecule has 0 aliphatic heterocycles. The molecule has 0 radical (unpaired) electrons. The second-order valence-electron chi connectivity index (χ2n) is 6.34. The number of carbonyl (C=O) groups excluding carboxylic acids is 1. The van der Waals surface area contributed by atoms with Gasteiger partial charge in [-0.2, -0.15) is 0 Å². The van der Waals surface area contributed by atoms with E-state index in [0.717, 1.165) is 5.56 Å². The van der Waals surface area contributed by atoms with Crippen LogP contribution in [0.25, 0.3) is 0 Å². The molecular formula is C22H24N4O2. The smallest absolute Gasteiger partial charge is 0.291 e. The summed E-state index contributed by atoms with van der Waals surface area (Å²) in [4.78, 5) is 16.4. The van der Waals surface area contributed by atoms with Crippen LogP contribution in [0.4, 0.5) is 5.69 Å². The second kappa shape index (κ2) is 9.41. The summed E-state index contributed by atoms with van der Waals surface area (Å²) in [6, 6.07) is 19.2. The predicted molar refractivity (Wildman–Crippen MR) is 111 cm³/mol. The molecule has 0 aliphatic rings. The molecular weight excluding hydrogens is 352 g/mol. The minimum absolute atomic E-state index is 0.272. The number of nitrogens with zero attached hydrogens (tertiary/aromatic N) is 1. The van der Waals surface area contributed by atoms with Crippen molar-refractivity contribution in [2.45, 2.75) is 20.0 Å². The third-order valence-corrected chi connectivity index (χ3v) is 4.32. The molecule has 0 saturated carbocycles. The van der Waals surface area contributed by atoms with Crippen LogP contribution in [0.5, 0.6) is 0 Å². The van der Waals surface area contributed by atoms with E-state index in [1.807, 2.05) is 36.4 Å². The molecule has 3 aromatic rings. The van der Waals surface area contributed by atoms with Gasteiger partial charge < -0.3 is 20.4 Å². The van der Waals surface area contributed by atoms with Crippen LogP contribution in [0, 0.1) is 6.92 Å². The SMILES string of the molecule is CN=C(NCc1cccc(NC(=O)c2ccco2)c1)NCc1ccccc1C. The number of rotatable bonds is 6. The first-order valence-corrected chi connectivity index (χ1v) is 9.08. The van der Waals surface area contributed by atoms with E-state index < -0.39 is 0 Å². The second-order valence-corrected chi connectivity index (χ2v) is 6.34. The molecule has 2 aromatic carbocycles. The summed E-state index contributed by atoms with van der Waals surface area (Å²) < 4.78 is 5.11. The number of anilines is 1. The van der Waals surface area contributed by atoms with Crippen LogP contribution >= 0.6 is 0 Å². The van der Waals surface area contributed by atoms with Gasteiger partial charge in [-0.3, -0.25) is 9.79 Å². The molecule has 0 saturated heterocycles. The van der Waals surface area contributed by atoms with Gasteiger partial charge in [0.15, 0.2) is 11.7 Å². The fourth-order valence-corrected chi connectivity index (χ4v) is 2.75. The van der Waals surface area contributed by atoms with Crippen molar-refractivity contribution in [2.24, 2.45) is 4.99 Å². The Hall–Kier alpha value is -3.54. The van der Waals surface area contributed by atoms with Gasteiger partial charge in [0.05, 0.1) is 6.26 Å². The fourth-order valence-electron chi connectivity index (χ4n) is 2.75. The van der Waals surface area contributed by atoms with Crippen LogP contribution < -0.4 is 16.0 Å². The van der Waals surface area contributed by atoms with Crippen LogP contribution in [-0.2, 0) is 13.1 Å². The van der Waals surface area contributed by atoms with Crippen molar-refractivity contribution < 1.29 is 9.21 Å². The summed E-state index contributed by atoms with van der Waals surface area (Å²) in [7, 11) is 1.74. The number of hydrogen-bond donors (Lipinski definition) is 3. The number of guanidine groups is 1. The lowest BCUT2D eigenvalue weighted by atomic mass is 10.1. The summed E-state index contributed by atoms with van der Waals surface area (Å²) in [5.41, 5.74) is 4.21. The lowest BCUT2D eigenvalue weighted by molar-refractivity contribution is 0.0996. The Kier molecular flexibility index (Phi) is 6.46. The van der Waals surface area contributed by atoms with Crippen molar-refractivity contribution in [3.63, 3.8) is 0 Å². The molecule has 0 fully saturated rings. The Morgan fingerprint density at radius 1 is 1.00 bits per heavy atom. The van der Waals surface area contributed by atoms with Crippen molar-refractivity contribution in [3.8, 4) is 0 Å². The maximum absolute atomic E-state index is 12.1. The Balaban J connectivity index is 1.54. The van der Waals surface area contributed by atoms with Gasteiger partial charge >= 0.3 is 0 Å². The normalized spacial score (nSPS) is 11.1. The van der Waals surface area contributed by atoms with Crippen molar-refractivity contribution in [1.82, 2.24) is 10.6 Å². The average molecular weight is 376 g/mol. The molecule has 28 heavy (non-hydrogen) atoms. The van der Waals surface area contributed by atoms with Crippen molar-refractivity contribution in [3.05, 3.63) is 89.4 Å². The summed E-state index contributed by atoms with van der Waals surface area (Å²) >= 11 is 0. The maximum Gasteiger partial charge on any atom is 0.291 e. The largest absolute Gasteiger partial charge is 0.459 e. The summed E-state index contributed by atoms with van der Waals surface area (Å²) in [5.74, 6) is 0.725. The first-order chi connectivity index (χ1) is 13.7. The number of hydrogen-bond acceptors (Lipinski definition) is 3. The molecule has 0 bridgehead atoms. The maximum atomic E-state index is 12.1. The van der Waals surface area contributed by atoms with Gasteiger partial charge in [0.2, 0.25) is 0 Å². The van der Waals surface area contributed by atoms with E-state index >= 15 is 0 Å². The Morgan fingerprint density at radius 3 is 2.57 bits per heavy atom. The topological polar surface area (TPSA) is 78.7 Å². The highest BCUT2D eigenvalue weighted by Crippen LogP contribution is 2.13. The van der Waals surface area contributed by atoms with E-state index in [2.05, 4.69) is 40.0 Å². The standard InChI is InChI=1S/C22H24N4O2/c1-16-7-3-4-9-18(16)15-25-22(23-2)24-14-17-8-5-10-19(13-17)26-21(27)20-11-6-12-28-20/h3-13H,14-15H2,1-2H3,(H,26,27)(H2,23,24,25). The van der Waals surface area contributed by atoms with Gasteiger partial charge in [0.25, 0.3) is 5.91 Å². The predicted octanol–water partition coefficient (Wildman–Crippen LogP) is 3.71. The van der Waals surface area contributed by atoms with Crippen molar-refractivity contribution >= 4 is 17.6 Å². The van der Waals surface area contributed by atoms with E-state index in [9.17, 15) is 4.79 Å². The highest BCUT2D eigenvalue weighted by Gasteiger charge is 2.09. The summed E-state index contributed by atoms with van der Waals surface area (Å²) in [6.07, 6.45) is 1.48. The molecule has 3 rings (SSSR count). The molecule has 0 spiro atoms. The van der Waals surface area contributed by atoms with Crippen molar-refractivity contribution in [1.29, 1.82) is 0 Å². The molecule has 1 aromatic heterocycles. The van der Waals surface area contributed by atoms with Crippen LogP contribution in [0.15, 0.2) is 76.3 Å². The van der Waals surface area contributed by atoms with E-state index in [1.54, 1.807) is 19.2 Å². The van der Waals surface area contributed by atoms with Gasteiger partial charge in [-0.15, -0.1) is 0 Å². The average Bonchev–Trinajstić information content (AvgIpc) is 3.25. The first kappa shape index (κ1) is 19.2. The number of benzene rings is 2. The number of aryl methyl sites for hydroxylation is 1. The van der Waals surface area contributed by atoms with E-state index in [0.29, 0.717) is 24.7 Å². The minimum Gasteiger partial charge on any atom is -0.459 e. The third kappa shape index (κ3) is 5.23. The van der Waals surface area contributed by atoms with E-state index in [-0.39, 0.29) is 11.7 Å². The lowest BCUT2D eigenvalue weighted by Crippen LogP contribution is -2.36. The molecule has 0 atom stereocenters. The van der Waals surface area contributed by atoms with Gasteiger partial charge in [0.1, 0.15) is 0 Å². The van der Waals surface area contributed by atoms with Crippen LogP contribution in [0.2, 0.25) is 0 Å². The van der Waals surface area contributed by atoms with Crippen LogP contribution in [-0.4, -0.2) is 18.9 Å². The number of amides is 1. The van der Waals surface area contributed by atoms with Crippen LogP contribution in [0.3, 0.4) is 0 Å². The van der Waals surface area contributed by atoms with Gasteiger partial charge in [-0.05, 0) is 47.9 Å². The molecule has 3 N–H and O–H groups in total. The van der Waals surface area contributed by atoms with Crippen molar-refractivity contribution in [2.75, 3.05) is 12.4 Å². The van der Waals surface area contributed by atoms with Gasteiger partial charge in [-0.25, -0.2) is 0 Å². The Morgan fingerprint density at radius 2 is 1.82 bits per heavy atom. The van der Waals surface area contributed by atoms with Gasteiger partial charge in [-0.1, -0.05) is 36.4 Å². The monoisotopic (exact) mass is 376 g/mol. The van der Waals surface area contributed by atoms with E-state index in [1.165, 1.54) is 17.4 Å². The number of furan rings is 1. The molecule has 144 valence electrons. The lowest BCUT2D eigenvalue weighted by Gasteiger charge is -2.13. The number of aliphatic imine (C=N–C) groups is 1. The molecule has 1 heterocycles. The zero-order chi connectivity index (χ0) is 19.8. The molecule has 0 unspecified atom stereocenters. The number of nitrogens with one attached hydrogen (secondary N) is 3. The summed E-state index contributed by atoms with van der Waals surface area (Å²) in [6.45, 7) is 3.37. The Labute approximate surface area is 164 Å². The summed E-state index contributed by atoms with van der Waals surface area (Å²) in [5, 5.41) is 9.44. The zero-order valence-corrected chi connectivity index (χ0v) is 16.0. The first-order valence-electron chi connectivity index (χ1n) is 9.08. The van der Waals surface area contributed by atoms with Gasteiger partial charge in [0, 0.05) is 25.8 Å². The minimum atomic E-state index is -0.272. The Bertz CT molecular complexity index is 949. The third-order valence-electron chi connectivity index (χ3n) is 4.32. The molecule has 6 nitrogen and oxygen atoms in total. The highest BCUT2D eigenvalue weighted by atomic mass is 16.3. The molecule has 6 heteroatoms. The number of carbonyl (C=O) groups is 1. The quantitative estimate of drug-likeness (QED) is 0.453. The highest BCUT2D eigenvalue weighted by molar-refractivity contribution is 6.02. The fraction of sp³-hybridized carbons (Fsp3) is 0.182. The zero-order valence-electron chi connectivity index (χ0n) is 16.0. The van der Waals surface area contributed by atoms with Crippen LogP contribution in [0.1, 0.15) is 27.2 Å².